The number of aryl methyl sites for hydroxylation is 1. The molecule has 1 aromatic heterocycles. The number of anilines is 1. The lowest BCUT2D eigenvalue weighted by Crippen LogP contribution is -2.13. The summed E-state index contributed by atoms with van der Waals surface area (Å²) in [6.07, 6.45) is 0.707. The normalized spacial score (nSPS) is 10.7. The highest BCUT2D eigenvalue weighted by Crippen LogP contribution is 2.25. The third-order valence-electron chi connectivity index (χ3n) is 3.99. The molecule has 26 heavy (non-hydrogen) atoms. The molecule has 5 heteroatoms. The highest BCUT2D eigenvalue weighted by molar-refractivity contribution is 5.91. The molecule has 1 heterocycles. The Morgan fingerprint density at radius 2 is 1.85 bits per heavy atom. The fourth-order valence-electron chi connectivity index (χ4n) is 2.69. The third-order valence-corrected chi connectivity index (χ3v) is 3.99. The summed E-state index contributed by atoms with van der Waals surface area (Å²) in [5.41, 5.74) is 2.07. The zero-order valence-electron chi connectivity index (χ0n) is 14.5. The van der Waals surface area contributed by atoms with Crippen molar-refractivity contribution in [2.24, 2.45) is 0 Å². The zero-order valence-corrected chi connectivity index (χ0v) is 14.5. The predicted octanol–water partition coefficient (Wildman–Crippen LogP) is 4.80. The SMILES string of the molecule is COCc1ccccc1NC(=O)CCc1ccc(-c2ccccc2F)o1. The van der Waals surface area contributed by atoms with Crippen LogP contribution in [0.3, 0.4) is 0 Å². The first-order valence-corrected chi connectivity index (χ1v) is 8.37. The molecule has 4 nitrogen and oxygen atoms in total. The Balaban J connectivity index is 1.60. The minimum atomic E-state index is -0.333. The molecule has 0 unspecified atom stereocenters. The van der Waals surface area contributed by atoms with Crippen LogP contribution in [0.5, 0.6) is 0 Å². The lowest BCUT2D eigenvalue weighted by atomic mass is 10.1. The Labute approximate surface area is 151 Å². The summed E-state index contributed by atoms with van der Waals surface area (Å²) in [6.45, 7) is 0.431. The predicted molar refractivity (Wildman–Crippen MR) is 98.2 cm³/mol. The zero-order chi connectivity index (χ0) is 18.4. The number of amides is 1. The number of rotatable bonds is 7. The Bertz CT molecular complexity index is 888. The molecule has 0 bridgehead atoms. The van der Waals surface area contributed by atoms with E-state index in [9.17, 15) is 9.18 Å². The van der Waals surface area contributed by atoms with Gasteiger partial charge in [0.1, 0.15) is 17.3 Å². The summed E-state index contributed by atoms with van der Waals surface area (Å²) >= 11 is 0. The first-order chi connectivity index (χ1) is 12.7. The van der Waals surface area contributed by atoms with Gasteiger partial charge in [-0.05, 0) is 30.3 Å². The molecule has 0 spiro atoms. The van der Waals surface area contributed by atoms with Crippen molar-refractivity contribution in [3.05, 3.63) is 77.8 Å². The average Bonchev–Trinajstić information content (AvgIpc) is 3.11. The van der Waals surface area contributed by atoms with Crippen molar-refractivity contribution in [2.45, 2.75) is 19.4 Å². The topological polar surface area (TPSA) is 51.5 Å². The smallest absolute Gasteiger partial charge is 0.224 e. The average molecular weight is 353 g/mol. The summed E-state index contributed by atoms with van der Waals surface area (Å²) in [7, 11) is 1.61. The van der Waals surface area contributed by atoms with Crippen molar-refractivity contribution in [3.8, 4) is 11.3 Å². The summed E-state index contributed by atoms with van der Waals surface area (Å²) in [4.78, 5) is 12.2. The molecule has 134 valence electrons. The molecule has 1 amide bonds. The van der Waals surface area contributed by atoms with Crippen molar-refractivity contribution >= 4 is 11.6 Å². The monoisotopic (exact) mass is 353 g/mol. The summed E-state index contributed by atoms with van der Waals surface area (Å²) in [5.74, 6) is 0.658. The number of benzene rings is 2. The summed E-state index contributed by atoms with van der Waals surface area (Å²) in [5, 5.41) is 2.89. The van der Waals surface area contributed by atoms with E-state index in [1.165, 1.54) is 6.07 Å². The maximum Gasteiger partial charge on any atom is 0.224 e. The van der Waals surface area contributed by atoms with Crippen LogP contribution in [0, 0.1) is 5.82 Å². The molecule has 0 aliphatic carbocycles. The van der Waals surface area contributed by atoms with Gasteiger partial charge in [0.25, 0.3) is 0 Å². The van der Waals surface area contributed by atoms with Gasteiger partial charge in [-0.1, -0.05) is 30.3 Å². The molecular formula is C21H20FNO3. The highest BCUT2D eigenvalue weighted by Gasteiger charge is 2.11. The molecule has 1 N–H and O–H groups in total. The minimum absolute atomic E-state index is 0.114. The largest absolute Gasteiger partial charge is 0.461 e. The van der Waals surface area contributed by atoms with E-state index in [0.29, 0.717) is 30.1 Å². The van der Waals surface area contributed by atoms with Crippen LogP contribution in [-0.4, -0.2) is 13.0 Å². The van der Waals surface area contributed by atoms with E-state index >= 15 is 0 Å². The molecule has 0 fully saturated rings. The van der Waals surface area contributed by atoms with E-state index in [1.807, 2.05) is 24.3 Å². The lowest BCUT2D eigenvalue weighted by Gasteiger charge is -2.10. The van der Waals surface area contributed by atoms with Gasteiger partial charge < -0.3 is 14.5 Å². The number of hydrogen-bond donors (Lipinski definition) is 1. The van der Waals surface area contributed by atoms with E-state index in [-0.39, 0.29) is 18.1 Å². The molecule has 0 saturated carbocycles. The van der Waals surface area contributed by atoms with Gasteiger partial charge in [-0.25, -0.2) is 4.39 Å². The Hall–Kier alpha value is -2.92. The molecule has 3 rings (SSSR count). The van der Waals surface area contributed by atoms with Gasteiger partial charge in [0.05, 0.1) is 12.2 Å². The number of ether oxygens (including phenoxy) is 1. The van der Waals surface area contributed by atoms with Gasteiger partial charge in [-0.3, -0.25) is 4.79 Å². The minimum Gasteiger partial charge on any atom is -0.461 e. The van der Waals surface area contributed by atoms with Gasteiger partial charge >= 0.3 is 0 Å². The first-order valence-electron chi connectivity index (χ1n) is 8.37. The van der Waals surface area contributed by atoms with Crippen molar-refractivity contribution in [1.82, 2.24) is 0 Å². The molecule has 0 aliphatic rings. The van der Waals surface area contributed by atoms with Crippen molar-refractivity contribution < 1.29 is 18.3 Å². The standard InChI is InChI=1S/C21H20FNO3/c1-25-14-15-6-2-5-9-19(15)23-21(24)13-11-16-10-12-20(26-16)17-7-3-4-8-18(17)22/h2-10,12H,11,13-14H2,1H3,(H,23,24). The molecule has 0 radical (unpaired) electrons. The van der Waals surface area contributed by atoms with Crippen molar-refractivity contribution in [3.63, 3.8) is 0 Å². The van der Waals surface area contributed by atoms with Crippen LogP contribution in [-0.2, 0) is 22.6 Å². The van der Waals surface area contributed by atoms with Gasteiger partial charge in [-0.2, -0.15) is 0 Å². The van der Waals surface area contributed by atoms with Crippen LogP contribution in [0.25, 0.3) is 11.3 Å². The second-order valence-electron chi connectivity index (χ2n) is 5.88. The maximum atomic E-state index is 13.8. The highest BCUT2D eigenvalue weighted by atomic mass is 19.1. The Morgan fingerprint density at radius 3 is 2.65 bits per heavy atom. The van der Waals surface area contributed by atoms with E-state index < -0.39 is 0 Å². The number of furan rings is 1. The van der Waals surface area contributed by atoms with Crippen molar-refractivity contribution in [1.29, 1.82) is 0 Å². The van der Waals surface area contributed by atoms with Crippen LogP contribution in [0.4, 0.5) is 10.1 Å². The van der Waals surface area contributed by atoms with Gasteiger partial charge in [-0.15, -0.1) is 0 Å². The van der Waals surface area contributed by atoms with Crippen LogP contribution in [0.1, 0.15) is 17.7 Å². The van der Waals surface area contributed by atoms with Crippen molar-refractivity contribution in [2.75, 3.05) is 12.4 Å². The van der Waals surface area contributed by atoms with Crippen LogP contribution >= 0.6 is 0 Å². The van der Waals surface area contributed by atoms with Crippen LogP contribution in [0.2, 0.25) is 0 Å². The number of hydrogen-bond acceptors (Lipinski definition) is 3. The number of methoxy groups -OCH3 is 1. The van der Waals surface area contributed by atoms with E-state index in [2.05, 4.69) is 5.32 Å². The van der Waals surface area contributed by atoms with Gasteiger partial charge in [0, 0.05) is 31.2 Å². The second-order valence-corrected chi connectivity index (χ2v) is 5.88. The third kappa shape index (κ3) is 4.37. The fraction of sp³-hybridized carbons (Fsp3) is 0.190. The summed E-state index contributed by atoms with van der Waals surface area (Å²) in [6, 6.07) is 17.5. The molecular weight excluding hydrogens is 333 g/mol. The summed E-state index contributed by atoms with van der Waals surface area (Å²) < 4.78 is 24.6. The molecule has 2 aromatic carbocycles. The maximum absolute atomic E-state index is 13.8. The quantitative estimate of drug-likeness (QED) is 0.663. The Kier molecular flexibility index (Phi) is 5.81. The number of carbonyl (C=O) groups is 1. The second kappa shape index (κ2) is 8.45. The van der Waals surface area contributed by atoms with E-state index in [0.717, 1.165) is 11.3 Å². The fourth-order valence-corrected chi connectivity index (χ4v) is 2.69. The molecule has 0 saturated heterocycles. The van der Waals surface area contributed by atoms with Crippen LogP contribution < -0.4 is 5.32 Å². The molecule has 0 atom stereocenters. The molecule has 3 aromatic rings. The first kappa shape index (κ1) is 17.9. The Morgan fingerprint density at radius 1 is 1.08 bits per heavy atom. The number of carbonyl (C=O) groups excluding carboxylic acids is 1. The van der Waals surface area contributed by atoms with Gasteiger partial charge in [0.15, 0.2) is 0 Å². The lowest BCUT2D eigenvalue weighted by molar-refractivity contribution is -0.116. The van der Waals surface area contributed by atoms with E-state index in [4.69, 9.17) is 9.15 Å². The van der Waals surface area contributed by atoms with Gasteiger partial charge in [0.2, 0.25) is 5.91 Å². The number of para-hydroxylation sites is 1. The molecule has 0 aliphatic heterocycles. The van der Waals surface area contributed by atoms with E-state index in [1.54, 1.807) is 37.4 Å². The van der Waals surface area contributed by atoms with Crippen LogP contribution in [0.15, 0.2) is 65.1 Å². The number of nitrogens with one attached hydrogen (secondary N) is 1. The number of halogens is 1.